The number of benzene rings is 6. The van der Waals surface area contributed by atoms with E-state index in [9.17, 15) is 0 Å². The summed E-state index contributed by atoms with van der Waals surface area (Å²) >= 11 is 0. The van der Waals surface area contributed by atoms with Crippen molar-refractivity contribution in [1.82, 2.24) is 4.98 Å². The molecule has 2 aromatic heterocycles. The topological polar surface area (TPSA) is 28.9 Å². The Bertz CT molecular complexity index is 2130. The Balaban J connectivity index is 1.29. The molecule has 0 aliphatic rings. The molecule has 0 saturated carbocycles. The van der Waals surface area contributed by atoms with Crippen LogP contribution < -0.4 is 0 Å². The summed E-state index contributed by atoms with van der Waals surface area (Å²) in [4.78, 5) is 3.71. The summed E-state index contributed by atoms with van der Waals surface area (Å²) in [6.07, 6.45) is 0. The average molecular weight is 486 g/mol. The molecule has 1 N–H and O–H groups in total. The van der Waals surface area contributed by atoms with Crippen molar-refractivity contribution in [3.05, 3.63) is 133 Å². The summed E-state index contributed by atoms with van der Waals surface area (Å²) in [5.41, 5.74) is 11.2. The standard InChI is InChI=1S/C36H23NO/c1-2-9-23(10-3-1)24-19-20-33-32(22-24)30-16-7-14-27(35(30)37-33)25-11-6-12-26(21-25)28-15-8-17-31-29-13-4-5-18-34(29)38-36(28)31/h1-22,37H. The van der Waals surface area contributed by atoms with Gasteiger partial charge in [-0.1, -0.05) is 109 Å². The number of hydrogen-bond donors (Lipinski definition) is 1. The van der Waals surface area contributed by atoms with E-state index in [0.29, 0.717) is 0 Å². The minimum absolute atomic E-state index is 0.920. The van der Waals surface area contributed by atoms with Gasteiger partial charge in [0.2, 0.25) is 0 Å². The zero-order valence-electron chi connectivity index (χ0n) is 20.6. The summed E-state index contributed by atoms with van der Waals surface area (Å²) in [5, 5.41) is 4.78. The van der Waals surface area contributed by atoms with Gasteiger partial charge in [0.1, 0.15) is 11.2 Å². The third-order valence-corrected chi connectivity index (χ3v) is 7.63. The smallest absolute Gasteiger partial charge is 0.143 e. The van der Waals surface area contributed by atoms with Crippen LogP contribution in [0.5, 0.6) is 0 Å². The van der Waals surface area contributed by atoms with E-state index in [1.54, 1.807) is 0 Å². The highest BCUT2D eigenvalue weighted by molar-refractivity contribution is 6.13. The summed E-state index contributed by atoms with van der Waals surface area (Å²) in [6.45, 7) is 0. The van der Waals surface area contributed by atoms with Gasteiger partial charge in [0.15, 0.2) is 0 Å². The summed E-state index contributed by atoms with van der Waals surface area (Å²) < 4.78 is 6.34. The molecule has 0 aliphatic carbocycles. The maximum atomic E-state index is 6.34. The second-order valence-corrected chi connectivity index (χ2v) is 9.84. The fourth-order valence-corrected chi connectivity index (χ4v) is 5.80. The van der Waals surface area contributed by atoms with E-state index in [1.807, 2.05) is 12.1 Å². The van der Waals surface area contributed by atoms with Crippen LogP contribution >= 0.6 is 0 Å². The lowest BCUT2D eigenvalue weighted by Gasteiger charge is -2.08. The first-order valence-electron chi connectivity index (χ1n) is 12.9. The molecule has 0 bridgehead atoms. The normalized spacial score (nSPS) is 11.7. The molecule has 38 heavy (non-hydrogen) atoms. The Hall–Kier alpha value is -5.08. The second kappa shape index (κ2) is 8.22. The van der Waals surface area contributed by atoms with Crippen LogP contribution in [0.15, 0.2) is 138 Å². The molecular weight excluding hydrogens is 462 g/mol. The number of para-hydroxylation sites is 3. The van der Waals surface area contributed by atoms with Gasteiger partial charge in [0.25, 0.3) is 0 Å². The van der Waals surface area contributed by atoms with Gasteiger partial charge in [-0.15, -0.1) is 0 Å². The predicted octanol–water partition coefficient (Wildman–Crippen LogP) is 10.2. The fraction of sp³-hybridized carbons (Fsp3) is 0. The van der Waals surface area contributed by atoms with E-state index < -0.39 is 0 Å². The molecule has 2 heteroatoms. The summed E-state index contributed by atoms with van der Waals surface area (Å²) in [7, 11) is 0. The molecule has 0 fully saturated rings. The van der Waals surface area contributed by atoms with E-state index in [0.717, 1.165) is 44.1 Å². The molecule has 2 heterocycles. The largest absolute Gasteiger partial charge is 0.455 e. The molecule has 8 rings (SSSR count). The Morgan fingerprint density at radius 1 is 0.421 bits per heavy atom. The molecule has 2 nitrogen and oxygen atoms in total. The number of hydrogen-bond acceptors (Lipinski definition) is 1. The number of furan rings is 1. The molecule has 0 aliphatic heterocycles. The maximum absolute atomic E-state index is 6.34. The van der Waals surface area contributed by atoms with Gasteiger partial charge < -0.3 is 9.40 Å². The van der Waals surface area contributed by atoms with Gasteiger partial charge in [-0.25, -0.2) is 0 Å². The molecule has 6 aromatic carbocycles. The number of nitrogens with one attached hydrogen (secondary N) is 1. The van der Waals surface area contributed by atoms with E-state index >= 15 is 0 Å². The average Bonchev–Trinajstić information content (AvgIpc) is 3.56. The van der Waals surface area contributed by atoms with Crippen LogP contribution in [0, 0.1) is 0 Å². The van der Waals surface area contributed by atoms with Crippen LogP contribution in [0.2, 0.25) is 0 Å². The second-order valence-electron chi connectivity index (χ2n) is 9.84. The van der Waals surface area contributed by atoms with Crippen molar-refractivity contribution >= 4 is 43.7 Å². The highest BCUT2D eigenvalue weighted by atomic mass is 16.3. The van der Waals surface area contributed by atoms with Gasteiger partial charge in [-0.3, -0.25) is 0 Å². The van der Waals surface area contributed by atoms with Gasteiger partial charge >= 0.3 is 0 Å². The minimum Gasteiger partial charge on any atom is -0.455 e. The van der Waals surface area contributed by atoms with Crippen LogP contribution in [0.3, 0.4) is 0 Å². The fourth-order valence-electron chi connectivity index (χ4n) is 5.80. The van der Waals surface area contributed by atoms with Crippen LogP contribution in [0.1, 0.15) is 0 Å². The number of fused-ring (bicyclic) bond motifs is 6. The summed E-state index contributed by atoms with van der Waals surface area (Å²) in [6, 6.07) is 47.3. The van der Waals surface area contributed by atoms with Crippen molar-refractivity contribution in [2.45, 2.75) is 0 Å². The van der Waals surface area contributed by atoms with Crippen LogP contribution in [0.25, 0.3) is 77.1 Å². The van der Waals surface area contributed by atoms with Gasteiger partial charge in [-0.2, -0.15) is 0 Å². The molecule has 0 saturated heterocycles. The van der Waals surface area contributed by atoms with Gasteiger partial charge in [-0.05, 0) is 46.5 Å². The highest BCUT2D eigenvalue weighted by Gasteiger charge is 2.14. The SMILES string of the molecule is c1ccc(-c2ccc3[nH]c4c(-c5cccc(-c6cccc7c6oc6ccccc67)c5)cccc4c3c2)cc1. The van der Waals surface area contributed by atoms with Crippen molar-refractivity contribution < 1.29 is 4.42 Å². The molecule has 8 aromatic rings. The Morgan fingerprint density at radius 3 is 2.00 bits per heavy atom. The molecule has 0 unspecified atom stereocenters. The first-order valence-corrected chi connectivity index (χ1v) is 12.9. The van der Waals surface area contributed by atoms with Crippen LogP contribution in [0.4, 0.5) is 0 Å². The predicted molar refractivity (Wildman–Crippen MR) is 159 cm³/mol. The molecule has 0 radical (unpaired) electrons. The number of H-pyrrole nitrogens is 1. The van der Waals surface area contributed by atoms with Crippen LogP contribution in [-0.4, -0.2) is 4.98 Å². The Labute approximate surface area is 219 Å². The number of aromatic nitrogens is 1. The first kappa shape index (κ1) is 21.0. The highest BCUT2D eigenvalue weighted by Crippen LogP contribution is 2.39. The molecule has 0 atom stereocenters. The maximum Gasteiger partial charge on any atom is 0.143 e. The van der Waals surface area contributed by atoms with Crippen molar-refractivity contribution in [3.63, 3.8) is 0 Å². The number of aromatic amines is 1. The van der Waals surface area contributed by atoms with E-state index in [-0.39, 0.29) is 0 Å². The van der Waals surface area contributed by atoms with E-state index in [2.05, 4.69) is 126 Å². The zero-order chi connectivity index (χ0) is 25.1. The summed E-state index contributed by atoms with van der Waals surface area (Å²) in [5.74, 6) is 0. The molecule has 0 spiro atoms. The van der Waals surface area contributed by atoms with Crippen LogP contribution in [-0.2, 0) is 0 Å². The zero-order valence-corrected chi connectivity index (χ0v) is 20.6. The lowest BCUT2D eigenvalue weighted by Crippen LogP contribution is -1.84. The Morgan fingerprint density at radius 2 is 1.11 bits per heavy atom. The van der Waals surface area contributed by atoms with E-state index in [4.69, 9.17) is 4.42 Å². The number of rotatable bonds is 3. The monoisotopic (exact) mass is 485 g/mol. The molecular formula is C36H23NO. The van der Waals surface area contributed by atoms with Crippen molar-refractivity contribution in [2.24, 2.45) is 0 Å². The molecule has 178 valence electrons. The minimum atomic E-state index is 0.920. The van der Waals surface area contributed by atoms with Gasteiger partial charge in [0.05, 0.1) is 5.52 Å². The van der Waals surface area contributed by atoms with Crippen molar-refractivity contribution in [2.75, 3.05) is 0 Å². The first-order chi connectivity index (χ1) is 18.8. The quantitative estimate of drug-likeness (QED) is 0.265. The lowest BCUT2D eigenvalue weighted by molar-refractivity contribution is 0.670. The van der Waals surface area contributed by atoms with Crippen molar-refractivity contribution in [1.29, 1.82) is 0 Å². The van der Waals surface area contributed by atoms with Gasteiger partial charge in [0, 0.05) is 38.2 Å². The van der Waals surface area contributed by atoms with Crippen molar-refractivity contribution in [3.8, 4) is 33.4 Å². The lowest BCUT2D eigenvalue weighted by atomic mass is 9.96. The third-order valence-electron chi connectivity index (χ3n) is 7.63. The van der Waals surface area contributed by atoms with E-state index in [1.165, 1.54) is 33.0 Å². The molecule has 0 amide bonds. The Kier molecular flexibility index (Phi) is 4.55. The third kappa shape index (κ3) is 3.21.